The van der Waals surface area contributed by atoms with Crippen LogP contribution in [0.5, 0.6) is 0 Å². The molecular formula is C13H24N4O4. The predicted molar refractivity (Wildman–Crippen MR) is 78.0 cm³/mol. The first kappa shape index (κ1) is 17.5. The van der Waals surface area contributed by atoms with E-state index >= 15 is 0 Å². The summed E-state index contributed by atoms with van der Waals surface area (Å²) in [7, 11) is 0. The van der Waals surface area contributed by atoms with E-state index in [1.54, 1.807) is 0 Å². The lowest BCUT2D eigenvalue weighted by molar-refractivity contribution is -0.385. The van der Waals surface area contributed by atoms with Crippen molar-refractivity contribution in [3.05, 3.63) is 22.5 Å². The van der Waals surface area contributed by atoms with Crippen LogP contribution in [0.25, 0.3) is 0 Å². The number of hydrogen-bond donors (Lipinski definition) is 2. The van der Waals surface area contributed by atoms with Crippen molar-refractivity contribution in [2.24, 2.45) is 5.92 Å². The van der Waals surface area contributed by atoms with Gasteiger partial charge in [-0.25, -0.2) is 0 Å². The summed E-state index contributed by atoms with van der Waals surface area (Å²) in [6.45, 7) is 6.92. The van der Waals surface area contributed by atoms with Crippen LogP contribution in [0, 0.1) is 16.0 Å². The second kappa shape index (κ2) is 9.43. The minimum Gasteiger partial charge on any atom is -0.390 e. The summed E-state index contributed by atoms with van der Waals surface area (Å²) in [4.78, 5) is 9.99. The Balaban J connectivity index is 2.08. The van der Waals surface area contributed by atoms with Crippen LogP contribution in [-0.4, -0.2) is 52.2 Å². The second-order valence-corrected chi connectivity index (χ2v) is 5.33. The summed E-state index contributed by atoms with van der Waals surface area (Å²) in [5.41, 5.74) is -0.0753. The van der Waals surface area contributed by atoms with E-state index < -0.39 is 11.0 Å². The summed E-state index contributed by atoms with van der Waals surface area (Å²) in [6.07, 6.45) is 2.86. The molecule has 120 valence electrons. The lowest BCUT2D eigenvalue weighted by Crippen LogP contribution is -2.32. The number of nitrogens with one attached hydrogen (secondary N) is 1. The molecule has 1 rings (SSSR count). The third-order valence-electron chi connectivity index (χ3n) is 2.87. The van der Waals surface area contributed by atoms with Gasteiger partial charge in [0.1, 0.15) is 12.4 Å². The van der Waals surface area contributed by atoms with Crippen molar-refractivity contribution in [3.63, 3.8) is 0 Å². The van der Waals surface area contributed by atoms with Crippen LogP contribution in [0.15, 0.2) is 12.4 Å². The normalized spacial score (nSPS) is 12.8. The van der Waals surface area contributed by atoms with Crippen LogP contribution in [-0.2, 0) is 11.3 Å². The topological polar surface area (TPSA) is 102 Å². The average Bonchev–Trinajstić information content (AvgIpc) is 2.86. The maximum Gasteiger partial charge on any atom is 0.306 e. The van der Waals surface area contributed by atoms with Crippen molar-refractivity contribution >= 4 is 5.69 Å². The predicted octanol–water partition coefficient (Wildman–Crippen LogP) is 0.804. The molecule has 0 aliphatic heterocycles. The smallest absolute Gasteiger partial charge is 0.306 e. The van der Waals surface area contributed by atoms with Gasteiger partial charge in [-0.3, -0.25) is 14.8 Å². The Morgan fingerprint density at radius 3 is 2.90 bits per heavy atom. The van der Waals surface area contributed by atoms with Crippen molar-refractivity contribution in [3.8, 4) is 0 Å². The van der Waals surface area contributed by atoms with Gasteiger partial charge in [0.15, 0.2) is 0 Å². The van der Waals surface area contributed by atoms with Gasteiger partial charge in [-0.2, -0.15) is 5.10 Å². The zero-order chi connectivity index (χ0) is 15.7. The molecule has 1 atom stereocenters. The van der Waals surface area contributed by atoms with Crippen LogP contribution >= 0.6 is 0 Å². The van der Waals surface area contributed by atoms with Crippen LogP contribution in [0.2, 0.25) is 0 Å². The lowest BCUT2D eigenvalue weighted by Gasteiger charge is -2.12. The molecule has 1 aromatic heterocycles. The van der Waals surface area contributed by atoms with E-state index in [1.807, 2.05) is 0 Å². The van der Waals surface area contributed by atoms with E-state index in [-0.39, 0.29) is 12.2 Å². The molecule has 8 nitrogen and oxygen atoms in total. The zero-order valence-corrected chi connectivity index (χ0v) is 12.6. The molecule has 0 aliphatic carbocycles. The highest BCUT2D eigenvalue weighted by Crippen LogP contribution is 2.07. The standard InChI is InChI=1S/C13H24N4O4/c1-11(2)3-5-21-6-4-14-8-13(18)10-16-9-12(7-15-16)17(19)20/h7,9,11,13-14,18H,3-6,8,10H2,1-2H3. The maximum atomic E-state index is 10.5. The van der Waals surface area contributed by atoms with E-state index in [1.165, 1.54) is 17.1 Å². The molecule has 0 amide bonds. The minimum atomic E-state index is -0.653. The Morgan fingerprint density at radius 1 is 1.52 bits per heavy atom. The Labute approximate surface area is 124 Å². The van der Waals surface area contributed by atoms with Crippen molar-refractivity contribution in [1.82, 2.24) is 15.1 Å². The molecule has 0 aliphatic rings. The SMILES string of the molecule is CC(C)CCOCCNCC(O)Cn1cc([N+](=O)[O-])cn1. The molecule has 0 saturated carbocycles. The molecule has 2 N–H and O–H groups in total. The van der Waals surface area contributed by atoms with Gasteiger partial charge >= 0.3 is 5.69 Å². The molecule has 0 bridgehead atoms. The van der Waals surface area contributed by atoms with Gasteiger partial charge < -0.3 is 15.2 Å². The van der Waals surface area contributed by atoms with E-state index in [4.69, 9.17) is 4.74 Å². The Kier molecular flexibility index (Phi) is 7.88. The molecule has 1 heterocycles. The lowest BCUT2D eigenvalue weighted by atomic mass is 10.1. The minimum absolute atomic E-state index is 0.0753. The Morgan fingerprint density at radius 2 is 2.29 bits per heavy atom. The number of ether oxygens (including phenoxy) is 1. The highest BCUT2D eigenvalue weighted by atomic mass is 16.6. The van der Waals surface area contributed by atoms with Crippen LogP contribution in [0.1, 0.15) is 20.3 Å². The summed E-state index contributed by atoms with van der Waals surface area (Å²) in [6, 6.07) is 0. The first-order chi connectivity index (χ1) is 9.99. The first-order valence-corrected chi connectivity index (χ1v) is 7.12. The van der Waals surface area contributed by atoms with Gasteiger partial charge in [0.25, 0.3) is 0 Å². The fraction of sp³-hybridized carbons (Fsp3) is 0.769. The van der Waals surface area contributed by atoms with Crippen molar-refractivity contribution < 1.29 is 14.8 Å². The molecule has 1 aromatic rings. The number of aliphatic hydroxyl groups excluding tert-OH is 1. The van der Waals surface area contributed by atoms with Crippen molar-refractivity contribution in [2.75, 3.05) is 26.3 Å². The molecule has 1 unspecified atom stereocenters. The number of nitrogens with zero attached hydrogens (tertiary/aromatic N) is 3. The molecule has 21 heavy (non-hydrogen) atoms. The van der Waals surface area contributed by atoms with Gasteiger partial charge in [0.2, 0.25) is 0 Å². The van der Waals surface area contributed by atoms with Gasteiger partial charge in [-0.15, -0.1) is 0 Å². The quantitative estimate of drug-likeness (QED) is 0.356. The van der Waals surface area contributed by atoms with Gasteiger partial charge in [-0.1, -0.05) is 13.8 Å². The summed E-state index contributed by atoms with van der Waals surface area (Å²) < 4.78 is 6.80. The monoisotopic (exact) mass is 300 g/mol. The molecule has 0 saturated heterocycles. The number of rotatable bonds is 11. The third-order valence-corrected chi connectivity index (χ3v) is 2.87. The summed E-state index contributed by atoms with van der Waals surface area (Å²) >= 11 is 0. The van der Waals surface area contributed by atoms with Gasteiger partial charge in [0, 0.05) is 19.7 Å². The number of aromatic nitrogens is 2. The average molecular weight is 300 g/mol. The number of nitro groups is 1. The molecule has 0 aromatic carbocycles. The zero-order valence-electron chi connectivity index (χ0n) is 12.6. The summed E-state index contributed by atoms with van der Waals surface area (Å²) in [5, 5.41) is 27.2. The maximum absolute atomic E-state index is 10.5. The largest absolute Gasteiger partial charge is 0.390 e. The van der Waals surface area contributed by atoms with Crippen molar-refractivity contribution in [1.29, 1.82) is 0 Å². The Bertz CT molecular complexity index is 422. The summed E-state index contributed by atoms with van der Waals surface area (Å²) in [5.74, 6) is 0.637. The van der Waals surface area contributed by atoms with Crippen LogP contribution in [0.3, 0.4) is 0 Å². The number of hydrogen-bond acceptors (Lipinski definition) is 6. The highest BCUT2D eigenvalue weighted by Gasteiger charge is 2.11. The fourth-order valence-corrected chi connectivity index (χ4v) is 1.66. The van der Waals surface area contributed by atoms with Gasteiger partial charge in [-0.05, 0) is 12.3 Å². The molecule has 0 radical (unpaired) electrons. The van der Waals surface area contributed by atoms with E-state index in [9.17, 15) is 15.2 Å². The molecule has 8 heteroatoms. The molecule has 0 fully saturated rings. The molecule has 0 spiro atoms. The van der Waals surface area contributed by atoms with Gasteiger partial charge in [0.05, 0.1) is 24.2 Å². The van der Waals surface area contributed by atoms with Crippen LogP contribution < -0.4 is 5.32 Å². The number of aliphatic hydroxyl groups is 1. The van der Waals surface area contributed by atoms with E-state index in [2.05, 4.69) is 24.3 Å². The highest BCUT2D eigenvalue weighted by molar-refractivity contribution is 5.20. The second-order valence-electron chi connectivity index (χ2n) is 5.33. The first-order valence-electron chi connectivity index (χ1n) is 7.12. The Hall–Kier alpha value is -1.51. The van der Waals surface area contributed by atoms with Crippen molar-refractivity contribution in [2.45, 2.75) is 32.9 Å². The third kappa shape index (κ3) is 7.74. The van der Waals surface area contributed by atoms with Crippen LogP contribution in [0.4, 0.5) is 5.69 Å². The molecular weight excluding hydrogens is 276 g/mol. The fourth-order valence-electron chi connectivity index (χ4n) is 1.66. The van der Waals surface area contributed by atoms with E-state index in [0.717, 1.165) is 13.0 Å². The van der Waals surface area contributed by atoms with E-state index in [0.29, 0.717) is 25.6 Å².